The fraction of sp³-hybridized carbons (Fsp3) is 0.0588. The van der Waals surface area contributed by atoms with Crippen LogP contribution in [-0.4, -0.2) is 20.4 Å². The molecule has 0 spiro atoms. The van der Waals surface area contributed by atoms with Gasteiger partial charge in [0, 0.05) is 18.3 Å². The Bertz CT molecular complexity index is 1360. The van der Waals surface area contributed by atoms with Crippen molar-refractivity contribution in [3.05, 3.63) is 67.6 Å². The fourth-order valence-corrected chi connectivity index (χ4v) is 2.87. The van der Waals surface area contributed by atoms with Crippen LogP contribution in [0.1, 0.15) is 10.4 Å². The molecule has 26 heavy (non-hydrogen) atoms. The Hall–Kier alpha value is -3.46. The molecule has 1 amide bonds. The van der Waals surface area contributed by atoms with Crippen LogP contribution in [-0.2, 0) is 7.05 Å². The maximum Gasteiger partial charge on any atom is 0.417 e. The molecule has 2 heterocycles. The summed E-state index contributed by atoms with van der Waals surface area (Å²) < 4.78 is 6.53. The predicted octanol–water partition coefficient (Wildman–Crippen LogP) is 2.28. The molecule has 2 aromatic carbocycles. The first-order valence-corrected chi connectivity index (χ1v) is 8.00. The normalized spacial score (nSPS) is 11.1. The number of nitrogens with zero attached hydrogens (tertiary/aromatic N) is 1. The lowest BCUT2D eigenvalue weighted by Gasteiger charge is -2.07. The second-order valence-corrected chi connectivity index (χ2v) is 6.12. The third-order valence-electron chi connectivity index (χ3n) is 4.04. The minimum absolute atomic E-state index is 0.231. The zero-order valence-corrected chi connectivity index (χ0v) is 14.3. The molecule has 0 bridgehead atoms. The van der Waals surface area contributed by atoms with Crippen molar-refractivity contribution in [3.63, 3.8) is 0 Å². The highest BCUT2D eigenvalue weighted by Crippen LogP contribution is 2.18. The maximum absolute atomic E-state index is 12.5. The second kappa shape index (κ2) is 5.81. The van der Waals surface area contributed by atoms with Crippen molar-refractivity contribution in [1.82, 2.24) is 14.5 Å². The lowest BCUT2D eigenvalue weighted by molar-refractivity contribution is 0.102. The molecule has 130 valence electrons. The maximum atomic E-state index is 12.5. The monoisotopic (exact) mass is 368 g/mol. The number of nitrogens with one attached hydrogen (secondary N) is 3. The molecule has 0 fully saturated rings. The lowest BCUT2D eigenvalue weighted by atomic mass is 10.1. The molecule has 0 unspecified atom stereocenters. The van der Waals surface area contributed by atoms with Crippen molar-refractivity contribution >= 4 is 45.8 Å². The van der Waals surface area contributed by atoms with Gasteiger partial charge in [0.05, 0.1) is 16.4 Å². The van der Waals surface area contributed by atoms with E-state index < -0.39 is 5.76 Å². The first-order valence-electron chi connectivity index (χ1n) is 7.60. The summed E-state index contributed by atoms with van der Waals surface area (Å²) in [6.45, 7) is 0. The summed E-state index contributed by atoms with van der Waals surface area (Å²) in [6, 6.07) is 9.52. The van der Waals surface area contributed by atoms with Crippen molar-refractivity contribution in [2.45, 2.75) is 0 Å². The zero-order valence-electron chi connectivity index (χ0n) is 13.5. The number of oxazole rings is 1. The van der Waals surface area contributed by atoms with E-state index in [0.717, 1.165) is 0 Å². The summed E-state index contributed by atoms with van der Waals surface area (Å²) in [6.07, 6.45) is 0. The number of fused-ring (bicyclic) bond motifs is 2. The van der Waals surface area contributed by atoms with Crippen molar-refractivity contribution in [3.8, 4) is 0 Å². The average Bonchev–Trinajstić information content (AvgIpc) is 2.98. The Labute approximate surface area is 150 Å². The highest BCUT2D eigenvalue weighted by atomic mass is 32.1. The van der Waals surface area contributed by atoms with Crippen LogP contribution in [0, 0.1) is 4.77 Å². The molecule has 0 aliphatic rings. The number of amides is 1. The van der Waals surface area contributed by atoms with Crippen molar-refractivity contribution in [1.29, 1.82) is 0 Å². The predicted molar refractivity (Wildman–Crippen MR) is 99.2 cm³/mol. The SMILES string of the molecule is Cn1c(=S)[nH]c2cc(C(=O)Nc3ccc4oc(=O)[nH]c4c3)ccc2c1=O. The summed E-state index contributed by atoms with van der Waals surface area (Å²) in [4.78, 5) is 41.3. The molecule has 4 aromatic rings. The zero-order chi connectivity index (χ0) is 18.4. The van der Waals surface area contributed by atoms with E-state index in [1.54, 1.807) is 43.4 Å². The van der Waals surface area contributed by atoms with Gasteiger partial charge in [0.25, 0.3) is 11.5 Å². The van der Waals surface area contributed by atoms with Gasteiger partial charge < -0.3 is 14.7 Å². The molecule has 8 nitrogen and oxygen atoms in total. The molecule has 0 saturated carbocycles. The Balaban J connectivity index is 1.70. The minimum Gasteiger partial charge on any atom is -0.408 e. The Morgan fingerprint density at radius 3 is 2.73 bits per heavy atom. The van der Waals surface area contributed by atoms with Crippen LogP contribution in [0.25, 0.3) is 22.0 Å². The van der Waals surface area contributed by atoms with Gasteiger partial charge in [-0.3, -0.25) is 19.1 Å². The summed E-state index contributed by atoms with van der Waals surface area (Å²) in [5.74, 6) is -0.924. The van der Waals surface area contributed by atoms with E-state index >= 15 is 0 Å². The number of carbonyl (C=O) groups is 1. The largest absolute Gasteiger partial charge is 0.417 e. The second-order valence-electron chi connectivity index (χ2n) is 5.73. The van der Waals surface area contributed by atoms with Crippen LogP contribution in [0.5, 0.6) is 0 Å². The van der Waals surface area contributed by atoms with Gasteiger partial charge in [-0.25, -0.2) is 4.79 Å². The third-order valence-corrected chi connectivity index (χ3v) is 4.42. The van der Waals surface area contributed by atoms with E-state index in [0.29, 0.717) is 33.3 Å². The van der Waals surface area contributed by atoms with Crippen LogP contribution in [0.4, 0.5) is 5.69 Å². The lowest BCUT2D eigenvalue weighted by Crippen LogP contribution is -2.19. The molecular weight excluding hydrogens is 356 g/mol. The van der Waals surface area contributed by atoms with Crippen LogP contribution >= 0.6 is 12.2 Å². The first kappa shape index (κ1) is 16.0. The smallest absolute Gasteiger partial charge is 0.408 e. The average molecular weight is 368 g/mol. The Morgan fingerprint density at radius 2 is 1.92 bits per heavy atom. The molecule has 0 radical (unpaired) electrons. The molecule has 0 saturated heterocycles. The topological polar surface area (TPSA) is 113 Å². The van der Waals surface area contributed by atoms with Gasteiger partial charge in [-0.1, -0.05) is 0 Å². The molecule has 0 aliphatic heterocycles. The van der Waals surface area contributed by atoms with Gasteiger partial charge in [0.2, 0.25) is 0 Å². The van der Waals surface area contributed by atoms with Crippen molar-refractivity contribution in [2.24, 2.45) is 7.05 Å². The van der Waals surface area contributed by atoms with Crippen molar-refractivity contribution < 1.29 is 9.21 Å². The highest BCUT2D eigenvalue weighted by molar-refractivity contribution is 7.71. The molecule has 0 aliphatic carbocycles. The molecule has 3 N–H and O–H groups in total. The molecular formula is C17H12N4O4S. The summed E-state index contributed by atoms with van der Waals surface area (Å²) in [5, 5.41) is 3.18. The van der Waals surface area contributed by atoms with E-state index in [-0.39, 0.29) is 16.2 Å². The minimum atomic E-state index is -0.560. The standard InChI is InChI=1S/C17H12N4O4S/c1-21-15(23)10-4-2-8(6-11(10)19-16(21)26)14(22)18-9-3-5-13-12(7-9)20-17(24)25-13/h2-7H,1H3,(H,18,22)(H,19,26)(H,20,24). The van der Waals surface area contributed by atoms with E-state index in [2.05, 4.69) is 15.3 Å². The van der Waals surface area contributed by atoms with Crippen LogP contribution in [0.3, 0.4) is 0 Å². The van der Waals surface area contributed by atoms with E-state index in [9.17, 15) is 14.4 Å². The number of carbonyl (C=O) groups excluding carboxylic acids is 1. The first-order chi connectivity index (χ1) is 12.4. The molecule has 0 atom stereocenters. The van der Waals surface area contributed by atoms with E-state index in [1.807, 2.05) is 0 Å². The molecule has 9 heteroatoms. The summed E-state index contributed by atoms with van der Waals surface area (Å²) in [5.41, 5.74) is 2.00. The van der Waals surface area contributed by atoms with Gasteiger partial charge in [0.15, 0.2) is 10.4 Å². The van der Waals surface area contributed by atoms with Crippen molar-refractivity contribution in [2.75, 3.05) is 5.32 Å². The van der Waals surface area contributed by atoms with Gasteiger partial charge in [0.1, 0.15) is 0 Å². The number of rotatable bonds is 2. The van der Waals surface area contributed by atoms with Crippen LogP contribution < -0.4 is 16.6 Å². The quantitative estimate of drug-likeness (QED) is 0.470. The number of aromatic nitrogens is 3. The molecule has 2 aromatic heterocycles. The summed E-state index contributed by atoms with van der Waals surface area (Å²) >= 11 is 5.10. The number of hydrogen-bond acceptors (Lipinski definition) is 5. The number of hydrogen-bond donors (Lipinski definition) is 3. The fourth-order valence-electron chi connectivity index (χ4n) is 2.68. The molecule has 4 rings (SSSR count). The van der Waals surface area contributed by atoms with Gasteiger partial charge in [-0.05, 0) is 48.6 Å². The van der Waals surface area contributed by atoms with Gasteiger partial charge >= 0.3 is 5.76 Å². The van der Waals surface area contributed by atoms with Crippen LogP contribution in [0.2, 0.25) is 0 Å². The van der Waals surface area contributed by atoms with E-state index in [1.165, 1.54) is 4.57 Å². The van der Waals surface area contributed by atoms with E-state index in [4.69, 9.17) is 16.6 Å². The number of anilines is 1. The Kier molecular flexibility index (Phi) is 3.58. The summed E-state index contributed by atoms with van der Waals surface area (Å²) in [7, 11) is 1.58. The number of H-pyrrole nitrogens is 2. The Morgan fingerprint density at radius 1 is 1.12 bits per heavy atom. The van der Waals surface area contributed by atoms with Crippen LogP contribution in [0.15, 0.2) is 50.4 Å². The number of aromatic amines is 2. The van der Waals surface area contributed by atoms with Gasteiger partial charge in [-0.2, -0.15) is 0 Å². The van der Waals surface area contributed by atoms with Gasteiger partial charge in [-0.15, -0.1) is 0 Å². The highest BCUT2D eigenvalue weighted by Gasteiger charge is 2.11. The number of benzene rings is 2. The third kappa shape index (κ3) is 2.64.